The summed E-state index contributed by atoms with van der Waals surface area (Å²) in [7, 11) is 0. The zero-order chi connectivity index (χ0) is 19.9. The van der Waals surface area contributed by atoms with Gasteiger partial charge in [0.1, 0.15) is 0 Å². The molecule has 1 heterocycles. The smallest absolute Gasteiger partial charge is 0.418 e. The first-order valence-electron chi connectivity index (χ1n) is 7.26. The summed E-state index contributed by atoms with van der Waals surface area (Å²) in [6, 6.07) is 6.16. The van der Waals surface area contributed by atoms with Gasteiger partial charge in [0, 0.05) is 26.5 Å². The van der Waals surface area contributed by atoms with Crippen LogP contribution >= 0.6 is 35.8 Å². The number of pyridine rings is 1. The zero-order valence-electron chi connectivity index (χ0n) is 13.1. The Kier molecular flexibility index (Phi) is 5.16. The Bertz CT molecular complexity index is 1070. The van der Waals surface area contributed by atoms with Crippen LogP contribution in [0.1, 0.15) is 15.9 Å². The summed E-state index contributed by atoms with van der Waals surface area (Å²) in [6.45, 7) is 0. The molecule has 0 fully saturated rings. The van der Waals surface area contributed by atoms with Gasteiger partial charge in [-0.05, 0) is 30.3 Å². The van der Waals surface area contributed by atoms with E-state index < -0.39 is 17.7 Å². The van der Waals surface area contributed by atoms with Crippen LogP contribution in [0.2, 0.25) is 10.0 Å². The average molecular weight is 433 g/mol. The minimum absolute atomic E-state index is 0.0496. The highest BCUT2D eigenvalue weighted by molar-refractivity contribution is 7.80. The topological polar surface area (TPSA) is 62.2 Å². The summed E-state index contributed by atoms with van der Waals surface area (Å²) in [5.74, 6) is -1.26. The second-order valence-corrected chi connectivity index (χ2v) is 6.84. The van der Waals surface area contributed by atoms with E-state index in [9.17, 15) is 23.1 Å². The summed E-state index contributed by atoms with van der Waals surface area (Å²) in [5.41, 5.74) is -1.23. The first-order valence-corrected chi connectivity index (χ1v) is 8.46. The van der Waals surface area contributed by atoms with E-state index in [0.29, 0.717) is 0 Å². The lowest BCUT2D eigenvalue weighted by atomic mass is 10.1. The summed E-state index contributed by atoms with van der Waals surface area (Å²) < 4.78 is 40.0. The molecule has 0 radical (unpaired) electrons. The summed E-state index contributed by atoms with van der Waals surface area (Å²) in [4.78, 5) is 15.5. The average Bonchev–Trinajstić information content (AvgIpc) is 2.57. The molecule has 0 unspecified atom stereocenters. The van der Waals surface area contributed by atoms with E-state index in [2.05, 4.69) is 22.9 Å². The van der Waals surface area contributed by atoms with Gasteiger partial charge in [0.2, 0.25) is 0 Å². The number of carbonyl (C=O) groups is 1. The number of carboxylic acid groups (broad SMARTS) is 1. The number of carboxylic acids is 1. The third-order valence-corrected chi connectivity index (χ3v) is 4.49. The maximum atomic E-state index is 13.3. The van der Waals surface area contributed by atoms with Crippen molar-refractivity contribution in [2.24, 2.45) is 0 Å². The van der Waals surface area contributed by atoms with Gasteiger partial charge in [-0.25, -0.2) is 4.79 Å². The molecule has 0 aliphatic rings. The van der Waals surface area contributed by atoms with E-state index >= 15 is 0 Å². The van der Waals surface area contributed by atoms with Gasteiger partial charge in [-0.1, -0.05) is 23.2 Å². The molecule has 140 valence electrons. The van der Waals surface area contributed by atoms with Crippen molar-refractivity contribution in [1.29, 1.82) is 0 Å². The largest absolute Gasteiger partial charge is 0.478 e. The van der Waals surface area contributed by atoms with Crippen molar-refractivity contribution in [3.8, 4) is 0 Å². The van der Waals surface area contributed by atoms with E-state index in [1.807, 2.05) is 0 Å². The number of alkyl halides is 3. The molecule has 0 aliphatic heterocycles. The normalized spacial score (nSPS) is 11.6. The van der Waals surface area contributed by atoms with Gasteiger partial charge in [-0.3, -0.25) is 4.98 Å². The highest BCUT2D eigenvalue weighted by Crippen LogP contribution is 2.40. The van der Waals surface area contributed by atoms with Gasteiger partial charge in [0.15, 0.2) is 0 Å². The van der Waals surface area contributed by atoms with Crippen LogP contribution in [-0.2, 0) is 6.18 Å². The fourth-order valence-corrected chi connectivity index (χ4v) is 3.17. The lowest BCUT2D eigenvalue weighted by Gasteiger charge is -2.17. The third-order valence-electron chi connectivity index (χ3n) is 3.69. The molecule has 2 aromatic carbocycles. The van der Waals surface area contributed by atoms with Crippen molar-refractivity contribution in [2.45, 2.75) is 11.1 Å². The Hall–Kier alpha value is -2.16. The Labute approximate surface area is 166 Å². The number of nitrogens with one attached hydrogen (secondary N) is 1. The number of fused-ring (bicyclic) bond motifs is 1. The molecule has 0 spiro atoms. The minimum Gasteiger partial charge on any atom is -0.478 e. The molecular formula is C17H9Cl2F3N2O2S. The molecule has 0 atom stereocenters. The van der Waals surface area contributed by atoms with Crippen LogP contribution in [0, 0.1) is 0 Å². The highest BCUT2D eigenvalue weighted by Gasteiger charge is 2.34. The van der Waals surface area contributed by atoms with E-state index in [1.165, 1.54) is 24.3 Å². The number of thiol groups is 1. The van der Waals surface area contributed by atoms with Gasteiger partial charge in [0.05, 0.1) is 28.0 Å². The van der Waals surface area contributed by atoms with E-state index in [-0.39, 0.29) is 42.8 Å². The molecule has 0 saturated heterocycles. The van der Waals surface area contributed by atoms with Crippen LogP contribution in [0.15, 0.2) is 41.4 Å². The molecule has 2 N–H and O–H groups in total. The summed E-state index contributed by atoms with van der Waals surface area (Å²) >= 11 is 15.9. The lowest BCUT2D eigenvalue weighted by molar-refractivity contribution is -0.136. The highest BCUT2D eigenvalue weighted by atomic mass is 35.5. The zero-order valence-corrected chi connectivity index (χ0v) is 15.5. The predicted octanol–water partition coefficient (Wildman–Crippen LogP) is 6.29. The molecule has 4 nitrogen and oxygen atoms in total. The van der Waals surface area contributed by atoms with Gasteiger partial charge in [-0.2, -0.15) is 13.2 Å². The quantitative estimate of drug-likeness (QED) is 0.425. The van der Waals surface area contributed by atoms with Crippen molar-refractivity contribution >= 4 is 64.1 Å². The molecule has 3 aromatic rings. The van der Waals surface area contributed by atoms with Crippen LogP contribution in [0.3, 0.4) is 0 Å². The number of nitrogens with zero attached hydrogens (tertiary/aromatic N) is 1. The van der Waals surface area contributed by atoms with Crippen LogP contribution in [0.25, 0.3) is 10.9 Å². The number of rotatable bonds is 3. The van der Waals surface area contributed by atoms with Crippen LogP contribution in [0.4, 0.5) is 24.5 Å². The maximum Gasteiger partial charge on any atom is 0.418 e. The standard InChI is InChI=1S/C17H9Cl2F3N2O2S/c18-7-1-2-12(9(3-7)16(25)26)24-15-10-4-8(19)5-11(17(20,21)22)14(10)23-6-13(15)27/h1-6,27H,(H,23,24)(H,25,26). The number of aromatic carboxylic acids is 1. The molecule has 1 aromatic heterocycles. The fraction of sp³-hybridized carbons (Fsp3) is 0.0588. The number of hydrogen-bond acceptors (Lipinski definition) is 4. The number of hydrogen-bond donors (Lipinski definition) is 3. The van der Waals surface area contributed by atoms with Crippen LogP contribution < -0.4 is 5.32 Å². The first-order chi connectivity index (χ1) is 12.6. The molecule has 0 aliphatic carbocycles. The minimum atomic E-state index is -4.67. The number of benzene rings is 2. The Morgan fingerprint density at radius 2 is 1.85 bits per heavy atom. The predicted molar refractivity (Wildman–Crippen MR) is 101 cm³/mol. The lowest BCUT2D eigenvalue weighted by Crippen LogP contribution is -2.08. The fourth-order valence-electron chi connectivity index (χ4n) is 2.54. The number of halogens is 5. The maximum absolute atomic E-state index is 13.3. The number of anilines is 2. The van der Waals surface area contributed by atoms with Gasteiger partial charge in [-0.15, -0.1) is 12.6 Å². The van der Waals surface area contributed by atoms with Crippen LogP contribution in [-0.4, -0.2) is 16.1 Å². The van der Waals surface area contributed by atoms with E-state index in [1.54, 1.807) is 0 Å². The van der Waals surface area contributed by atoms with Crippen molar-refractivity contribution in [3.63, 3.8) is 0 Å². The molecule has 3 rings (SSSR count). The van der Waals surface area contributed by atoms with Gasteiger partial charge >= 0.3 is 12.1 Å². The Morgan fingerprint density at radius 3 is 2.48 bits per heavy atom. The number of aromatic nitrogens is 1. The molecule has 10 heteroatoms. The second-order valence-electron chi connectivity index (χ2n) is 5.49. The summed E-state index contributed by atoms with van der Waals surface area (Å²) in [5, 5.41) is 12.3. The first kappa shape index (κ1) is 19.6. The monoisotopic (exact) mass is 432 g/mol. The van der Waals surface area contributed by atoms with Crippen molar-refractivity contribution in [2.75, 3.05) is 5.32 Å². The van der Waals surface area contributed by atoms with Gasteiger partial charge in [0.25, 0.3) is 0 Å². The molecule has 0 saturated carbocycles. The SMILES string of the molecule is O=C(O)c1cc(Cl)ccc1Nc1c(S)cnc2c(C(F)(F)F)cc(Cl)cc12. The Morgan fingerprint density at radius 1 is 1.15 bits per heavy atom. The van der Waals surface area contributed by atoms with E-state index in [0.717, 1.165) is 12.3 Å². The van der Waals surface area contributed by atoms with Crippen molar-refractivity contribution in [3.05, 3.63) is 57.7 Å². The Balaban J connectivity index is 2.26. The summed E-state index contributed by atoms with van der Waals surface area (Å²) in [6.07, 6.45) is -3.52. The van der Waals surface area contributed by atoms with Crippen molar-refractivity contribution in [1.82, 2.24) is 4.98 Å². The second kappa shape index (κ2) is 7.10. The van der Waals surface area contributed by atoms with Crippen LogP contribution in [0.5, 0.6) is 0 Å². The van der Waals surface area contributed by atoms with E-state index in [4.69, 9.17) is 23.2 Å². The molecular weight excluding hydrogens is 424 g/mol. The van der Waals surface area contributed by atoms with Gasteiger partial charge < -0.3 is 10.4 Å². The molecule has 0 bridgehead atoms. The molecule has 27 heavy (non-hydrogen) atoms. The third kappa shape index (κ3) is 3.92. The van der Waals surface area contributed by atoms with Crippen molar-refractivity contribution < 1.29 is 23.1 Å². The molecule has 0 amide bonds.